The zero-order valence-corrected chi connectivity index (χ0v) is 11.0. The van der Waals surface area contributed by atoms with Crippen LogP contribution in [0, 0.1) is 0 Å². The molecule has 0 saturated heterocycles. The number of halogens is 3. The number of hydrogen-bond acceptors (Lipinski definition) is 3. The SMILES string of the molecule is Cn1cc(CNc2ccc(C(=O)O)c(C(F)(F)F)c2)cn1. The van der Waals surface area contributed by atoms with Crippen LogP contribution in [0.4, 0.5) is 18.9 Å². The van der Waals surface area contributed by atoms with Crippen LogP contribution in [0.2, 0.25) is 0 Å². The summed E-state index contributed by atoms with van der Waals surface area (Å²) in [6.45, 7) is 0.289. The highest BCUT2D eigenvalue weighted by Gasteiger charge is 2.35. The summed E-state index contributed by atoms with van der Waals surface area (Å²) in [5.41, 5.74) is -0.954. The molecule has 0 bridgehead atoms. The van der Waals surface area contributed by atoms with Gasteiger partial charge in [-0.2, -0.15) is 18.3 Å². The molecule has 8 heteroatoms. The average Bonchev–Trinajstić information content (AvgIpc) is 2.81. The molecule has 1 aromatic heterocycles. The van der Waals surface area contributed by atoms with Crippen LogP contribution >= 0.6 is 0 Å². The Morgan fingerprint density at radius 1 is 1.43 bits per heavy atom. The Hall–Kier alpha value is -2.51. The average molecular weight is 299 g/mol. The fourth-order valence-corrected chi connectivity index (χ4v) is 1.84. The normalized spacial score (nSPS) is 11.4. The quantitative estimate of drug-likeness (QED) is 0.911. The number of nitrogens with zero attached hydrogens (tertiary/aromatic N) is 2. The third-order valence-corrected chi connectivity index (χ3v) is 2.81. The lowest BCUT2D eigenvalue weighted by atomic mass is 10.1. The maximum absolute atomic E-state index is 12.9. The fourth-order valence-electron chi connectivity index (χ4n) is 1.84. The van der Waals surface area contributed by atoms with E-state index in [2.05, 4.69) is 10.4 Å². The highest BCUT2D eigenvalue weighted by molar-refractivity contribution is 5.90. The van der Waals surface area contributed by atoms with Crippen LogP contribution in [0.3, 0.4) is 0 Å². The number of anilines is 1. The van der Waals surface area contributed by atoms with Gasteiger partial charge in [0.1, 0.15) is 0 Å². The molecule has 112 valence electrons. The van der Waals surface area contributed by atoms with E-state index in [0.29, 0.717) is 0 Å². The minimum atomic E-state index is -4.72. The second-order valence-corrected chi connectivity index (χ2v) is 4.44. The smallest absolute Gasteiger partial charge is 0.417 e. The number of benzene rings is 1. The first-order chi connectivity index (χ1) is 9.77. The minimum absolute atomic E-state index is 0.191. The summed E-state index contributed by atoms with van der Waals surface area (Å²) in [7, 11) is 1.73. The van der Waals surface area contributed by atoms with Crippen LogP contribution in [0.25, 0.3) is 0 Å². The summed E-state index contributed by atoms with van der Waals surface area (Å²) in [4.78, 5) is 10.8. The van der Waals surface area contributed by atoms with Crippen molar-refractivity contribution in [2.45, 2.75) is 12.7 Å². The number of aryl methyl sites for hydroxylation is 1. The van der Waals surface area contributed by atoms with Gasteiger partial charge in [0.2, 0.25) is 0 Å². The largest absolute Gasteiger partial charge is 0.478 e. The van der Waals surface area contributed by atoms with Crippen LogP contribution in [-0.4, -0.2) is 20.9 Å². The Morgan fingerprint density at radius 2 is 2.14 bits per heavy atom. The van der Waals surface area contributed by atoms with Gasteiger partial charge in [-0.1, -0.05) is 0 Å². The van der Waals surface area contributed by atoms with E-state index in [4.69, 9.17) is 5.11 Å². The van der Waals surface area contributed by atoms with Crippen LogP contribution in [-0.2, 0) is 19.8 Å². The number of aromatic nitrogens is 2. The molecule has 2 N–H and O–H groups in total. The van der Waals surface area contributed by atoms with Gasteiger partial charge in [0.15, 0.2) is 0 Å². The van der Waals surface area contributed by atoms with E-state index in [9.17, 15) is 18.0 Å². The molecule has 5 nitrogen and oxygen atoms in total. The number of nitrogens with one attached hydrogen (secondary N) is 1. The van der Waals surface area contributed by atoms with Crippen molar-refractivity contribution in [2.75, 3.05) is 5.32 Å². The predicted molar refractivity (Wildman–Crippen MR) is 68.9 cm³/mol. The van der Waals surface area contributed by atoms with Crippen molar-refractivity contribution in [2.24, 2.45) is 7.05 Å². The van der Waals surface area contributed by atoms with Crippen molar-refractivity contribution in [3.05, 3.63) is 47.3 Å². The number of aromatic carboxylic acids is 1. The molecule has 0 aliphatic carbocycles. The van der Waals surface area contributed by atoms with Crippen LogP contribution in [0.1, 0.15) is 21.5 Å². The predicted octanol–water partition coefficient (Wildman–Crippen LogP) is 2.75. The standard InChI is InChI=1S/C13H12F3N3O2/c1-19-7-8(6-18-19)5-17-9-2-3-10(12(20)21)11(4-9)13(14,15)16/h2-4,6-7,17H,5H2,1H3,(H,20,21). The van der Waals surface area contributed by atoms with Crippen molar-refractivity contribution >= 4 is 11.7 Å². The Bertz CT molecular complexity index is 665. The molecule has 0 amide bonds. The zero-order chi connectivity index (χ0) is 15.6. The van der Waals surface area contributed by atoms with Gasteiger partial charge in [0.05, 0.1) is 17.3 Å². The van der Waals surface area contributed by atoms with Gasteiger partial charge in [-0.25, -0.2) is 4.79 Å². The van der Waals surface area contributed by atoms with Crippen LogP contribution in [0.5, 0.6) is 0 Å². The number of carbonyl (C=O) groups is 1. The molecule has 1 heterocycles. The molecule has 0 atom stereocenters. The second kappa shape index (κ2) is 5.47. The Balaban J connectivity index is 2.23. The summed E-state index contributed by atoms with van der Waals surface area (Å²) in [6.07, 6.45) is -1.41. The topological polar surface area (TPSA) is 67.2 Å². The second-order valence-electron chi connectivity index (χ2n) is 4.44. The summed E-state index contributed by atoms with van der Waals surface area (Å²) in [6, 6.07) is 3.03. The third-order valence-electron chi connectivity index (χ3n) is 2.81. The van der Waals surface area contributed by atoms with E-state index < -0.39 is 23.3 Å². The number of rotatable bonds is 4. The summed E-state index contributed by atoms with van der Waals surface area (Å²) in [5, 5.41) is 15.5. The maximum atomic E-state index is 12.9. The molecular weight excluding hydrogens is 287 g/mol. The number of hydrogen-bond donors (Lipinski definition) is 2. The summed E-state index contributed by atoms with van der Waals surface area (Å²) in [5.74, 6) is -1.61. The highest BCUT2D eigenvalue weighted by Crippen LogP contribution is 2.34. The molecule has 2 rings (SSSR count). The van der Waals surface area contributed by atoms with Gasteiger partial charge >= 0.3 is 12.1 Å². The van der Waals surface area contributed by atoms with Gasteiger partial charge < -0.3 is 10.4 Å². The van der Waals surface area contributed by atoms with E-state index in [-0.39, 0.29) is 12.2 Å². The molecule has 0 unspecified atom stereocenters. The Kier molecular flexibility index (Phi) is 3.88. The molecule has 0 radical (unpaired) electrons. The van der Waals surface area contributed by atoms with Gasteiger partial charge in [0.25, 0.3) is 0 Å². The number of alkyl halides is 3. The molecule has 0 saturated carbocycles. The first kappa shape index (κ1) is 14.9. The molecular formula is C13H12F3N3O2. The van der Waals surface area contributed by atoms with Crippen molar-refractivity contribution in [3.63, 3.8) is 0 Å². The monoisotopic (exact) mass is 299 g/mol. The summed E-state index contributed by atoms with van der Waals surface area (Å²) < 4.78 is 40.1. The minimum Gasteiger partial charge on any atom is -0.478 e. The molecule has 0 aliphatic heterocycles. The molecule has 0 spiro atoms. The van der Waals surface area contributed by atoms with Gasteiger partial charge in [-0.05, 0) is 18.2 Å². The van der Waals surface area contributed by atoms with E-state index in [1.807, 2.05) is 0 Å². The maximum Gasteiger partial charge on any atom is 0.417 e. The van der Waals surface area contributed by atoms with Crippen molar-refractivity contribution in [1.82, 2.24) is 9.78 Å². The zero-order valence-electron chi connectivity index (χ0n) is 11.0. The Morgan fingerprint density at radius 3 is 2.67 bits per heavy atom. The molecule has 0 fully saturated rings. The molecule has 1 aromatic carbocycles. The number of carboxylic acid groups (broad SMARTS) is 1. The Labute approximate surface area is 118 Å². The van der Waals surface area contributed by atoms with Gasteiger partial charge in [-0.3, -0.25) is 4.68 Å². The van der Waals surface area contributed by atoms with E-state index in [1.165, 1.54) is 6.07 Å². The first-order valence-electron chi connectivity index (χ1n) is 5.93. The van der Waals surface area contributed by atoms with E-state index in [0.717, 1.165) is 17.7 Å². The van der Waals surface area contributed by atoms with Crippen molar-refractivity contribution < 1.29 is 23.1 Å². The van der Waals surface area contributed by atoms with Crippen LogP contribution in [0.15, 0.2) is 30.6 Å². The van der Waals surface area contributed by atoms with Crippen molar-refractivity contribution in [1.29, 1.82) is 0 Å². The molecule has 0 aliphatic rings. The van der Waals surface area contributed by atoms with Gasteiger partial charge in [0, 0.05) is 31.0 Å². The fraction of sp³-hybridized carbons (Fsp3) is 0.231. The van der Waals surface area contributed by atoms with Crippen LogP contribution < -0.4 is 5.32 Å². The van der Waals surface area contributed by atoms with Crippen molar-refractivity contribution in [3.8, 4) is 0 Å². The highest BCUT2D eigenvalue weighted by atomic mass is 19.4. The van der Waals surface area contributed by atoms with E-state index >= 15 is 0 Å². The lowest BCUT2D eigenvalue weighted by Crippen LogP contribution is -2.13. The first-order valence-corrected chi connectivity index (χ1v) is 5.93. The third kappa shape index (κ3) is 3.53. The lowest BCUT2D eigenvalue weighted by Gasteiger charge is -2.13. The van der Waals surface area contributed by atoms with E-state index in [1.54, 1.807) is 24.1 Å². The van der Waals surface area contributed by atoms with Gasteiger partial charge in [-0.15, -0.1) is 0 Å². The summed E-state index contributed by atoms with van der Waals surface area (Å²) >= 11 is 0. The lowest BCUT2D eigenvalue weighted by molar-refractivity contribution is -0.138. The number of carboxylic acids is 1. The molecule has 2 aromatic rings. The molecule has 21 heavy (non-hydrogen) atoms.